The summed E-state index contributed by atoms with van der Waals surface area (Å²) in [6.45, 7) is 6.20. The number of H-pyrrole nitrogens is 1. The molecule has 0 aliphatic rings. The highest BCUT2D eigenvalue weighted by molar-refractivity contribution is 5.94. The predicted octanol–water partition coefficient (Wildman–Crippen LogP) is 4.61. The number of hydrogen-bond acceptors (Lipinski definition) is 4. The highest BCUT2D eigenvalue weighted by Crippen LogP contribution is 2.28. The molecule has 0 bridgehead atoms. The first-order valence-electron chi connectivity index (χ1n) is 9.04. The number of nitrogens with zero attached hydrogens (tertiary/aromatic N) is 3. The fourth-order valence-corrected chi connectivity index (χ4v) is 3.26. The van der Waals surface area contributed by atoms with Crippen LogP contribution in [0.3, 0.4) is 0 Å². The Morgan fingerprint density at radius 1 is 1.21 bits per heavy atom. The average Bonchev–Trinajstić information content (AvgIpc) is 3.41. The Balaban J connectivity index is 1.65. The molecular formula is C22H20N4O2. The third-order valence-corrected chi connectivity index (χ3v) is 4.74. The molecule has 0 aliphatic carbocycles. The quantitative estimate of drug-likeness (QED) is 0.502. The predicted molar refractivity (Wildman–Crippen MR) is 108 cm³/mol. The molecule has 1 atom stereocenters. The zero-order valence-corrected chi connectivity index (χ0v) is 15.5. The Labute approximate surface area is 162 Å². The molecule has 140 valence electrons. The van der Waals surface area contributed by atoms with Gasteiger partial charge in [-0.1, -0.05) is 36.4 Å². The first-order chi connectivity index (χ1) is 13.7. The van der Waals surface area contributed by atoms with E-state index in [0.717, 1.165) is 16.6 Å². The van der Waals surface area contributed by atoms with Crippen molar-refractivity contribution in [3.05, 3.63) is 85.0 Å². The second-order valence-electron chi connectivity index (χ2n) is 6.46. The minimum Gasteiger partial charge on any atom is -0.449 e. The Kier molecular flexibility index (Phi) is 4.76. The lowest BCUT2D eigenvalue weighted by Gasteiger charge is -2.27. The van der Waals surface area contributed by atoms with Crippen molar-refractivity contribution in [2.24, 2.45) is 0 Å². The molecule has 0 saturated heterocycles. The minimum atomic E-state index is -0.193. The number of fused-ring (bicyclic) bond motifs is 1. The van der Waals surface area contributed by atoms with Gasteiger partial charge in [0.2, 0.25) is 0 Å². The van der Waals surface area contributed by atoms with E-state index in [2.05, 4.69) is 21.5 Å². The third kappa shape index (κ3) is 3.20. The topological polar surface area (TPSA) is 75.0 Å². The van der Waals surface area contributed by atoms with Gasteiger partial charge in [0.05, 0.1) is 6.04 Å². The van der Waals surface area contributed by atoms with Crippen LogP contribution in [0, 0.1) is 0 Å². The van der Waals surface area contributed by atoms with Crippen molar-refractivity contribution in [1.29, 1.82) is 0 Å². The molecule has 1 N–H and O–H groups in total. The molecule has 0 aliphatic heterocycles. The number of benzene rings is 1. The van der Waals surface area contributed by atoms with Gasteiger partial charge in [-0.3, -0.25) is 4.79 Å². The monoisotopic (exact) mass is 372 g/mol. The van der Waals surface area contributed by atoms with Gasteiger partial charge in [0.1, 0.15) is 17.7 Å². The molecule has 0 spiro atoms. The zero-order chi connectivity index (χ0) is 19.5. The highest BCUT2D eigenvalue weighted by atomic mass is 16.4. The van der Waals surface area contributed by atoms with Crippen LogP contribution in [-0.4, -0.2) is 32.3 Å². The van der Waals surface area contributed by atoms with E-state index in [-0.39, 0.29) is 17.7 Å². The summed E-state index contributed by atoms with van der Waals surface area (Å²) in [5, 5.41) is 0.844. The third-order valence-electron chi connectivity index (χ3n) is 4.74. The second kappa shape index (κ2) is 7.52. The Morgan fingerprint density at radius 2 is 2.04 bits per heavy atom. The second-order valence-corrected chi connectivity index (χ2v) is 6.46. The Bertz CT molecular complexity index is 1110. The SMILES string of the molecule is C=CCN(C(=O)c1ccc(-c2ncnc3[nH]ccc23)o1)[C@H](C)c1ccccc1. The molecule has 3 heterocycles. The summed E-state index contributed by atoms with van der Waals surface area (Å²) in [6, 6.07) is 15.1. The average molecular weight is 372 g/mol. The van der Waals surface area contributed by atoms with Crippen LogP contribution in [0.25, 0.3) is 22.5 Å². The maximum Gasteiger partial charge on any atom is 0.290 e. The van der Waals surface area contributed by atoms with E-state index < -0.39 is 0 Å². The summed E-state index contributed by atoms with van der Waals surface area (Å²) >= 11 is 0. The van der Waals surface area contributed by atoms with Gasteiger partial charge in [0, 0.05) is 18.1 Å². The van der Waals surface area contributed by atoms with Crippen molar-refractivity contribution in [1.82, 2.24) is 19.9 Å². The standard InChI is InChI=1S/C22H20N4O2/c1-3-13-26(15(2)16-7-5-4-6-8-16)22(27)19-10-9-18(28-19)20-17-11-12-23-21(17)25-14-24-20/h3-12,14-15H,1,13H2,2H3,(H,23,24,25)/t15-/m1/s1. The van der Waals surface area contributed by atoms with Crippen LogP contribution in [0.15, 0.2) is 78.1 Å². The molecule has 0 radical (unpaired) electrons. The van der Waals surface area contributed by atoms with Crippen molar-refractivity contribution in [2.45, 2.75) is 13.0 Å². The summed E-state index contributed by atoms with van der Waals surface area (Å²) in [5.41, 5.74) is 2.42. The van der Waals surface area contributed by atoms with E-state index in [0.29, 0.717) is 18.0 Å². The molecule has 0 unspecified atom stereocenters. The van der Waals surface area contributed by atoms with Crippen molar-refractivity contribution in [2.75, 3.05) is 6.54 Å². The van der Waals surface area contributed by atoms with E-state index in [1.54, 1.807) is 29.3 Å². The summed E-state index contributed by atoms with van der Waals surface area (Å²) in [5.74, 6) is 0.602. The number of nitrogens with one attached hydrogen (secondary N) is 1. The molecule has 1 aromatic carbocycles. The van der Waals surface area contributed by atoms with Gasteiger partial charge in [-0.25, -0.2) is 9.97 Å². The molecule has 6 nitrogen and oxygen atoms in total. The van der Waals surface area contributed by atoms with Crippen LogP contribution in [0.4, 0.5) is 0 Å². The largest absolute Gasteiger partial charge is 0.449 e. The molecule has 0 fully saturated rings. The number of rotatable bonds is 6. The molecule has 1 amide bonds. The fourth-order valence-electron chi connectivity index (χ4n) is 3.26. The van der Waals surface area contributed by atoms with Gasteiger partial charge in [-0.05, 0) is 30.7 Å². The summed E-state index contributed by atoms with van der Waals surface area (Å²) in [7, 11) is 0. The molecule has 0 saturated carbocycles. The van der Waals surface area contributed by atoms with E-state index in [9.17, 15) is 4.79 Å². The van der Waals surface area contributed by atoms with Gasteiger partial charge < -0.3 is 14.3 Å². The van der Waals surface area contributed by atoms with Crippen molar-refractivity contribution >= 4 is 16.9 Å². The lowest BCUT2D eigenvalue weighted by molar-refractivity contribution is 0.0683. The summed E-state index contributed by atoms with van der Waals surface area (Å²) < 4.78 is 5.89. The van der Waals surface area contributed by atoms with Gasteiger partial charge in [0.25, 0.3) is 5.91 Å². The molecule has 28 heavy (non-hydrogen) atoms. The first-order valence-corrected chi connectivity index (χ1v) is 9.04. The number of furan rings is 1. The van der Waals surface area contributed by atoms with Gasteiger partial charge in [-0.2, -0.15) is 0 Å². The lowest BCUT2D eigenvalue weighted by atomic mass is 10.1. The van der Waals surface area contributed by atoms with Crippen molar-refractivity contribution in [3.63, 3.8) is 0 Å². The number of aromatic nitrogens is 3. The van der Waals surface area contributed by atoms with Crippen LogP contribution < -0.4 is 0 Å². The van der Waals surface area contributed by atoms with Crippen LogP contribution in [0.2, 0.25) is 0 Å². The maximum absolute atomic E-state index is 13.2. The number of carbonyl (C=O) groups is 1. The lowest BCUT2D eigenvalue weighted by Crippen LogP contribution is -2.33. The van der Waals surface area contributed by atoms with Crippen molar-refractivity contribution < 1.29 is 9.21 Å². The van der Waals surface area contributed by atoms with Gasteiger partial charge >= 0.3 is 0 Å². The number of hydrogen-bond donors (Lipinski definition) is 1. The molecule has 3 aromatic heterocycles. The summed E-state index contributed by atoms with van der Waals surface area (Å²) in [4.78, 5) is 26.4. The maximum atomic E-state index is 13.2. The Morgan fingerprint density at radius 3 is 2.82 bits per heavy atom. The molecule has 4 rings (SSSR count). The van der Waals surface area contributed by atoms with E-state index in [4.69, 9.17) is 4.42 Å². The molecule has 4 aromatic rings. The van der Waals surface area contributed by atoms with Crippen LogP contribution >= 0.6 is 0 Å². The molecule has 6 heteroatoms. The molecular weight excluding hydrogens is 352 g/mol. The zero-order valence-electron chi connectivity index (χ0n) is 15.5. The fraction of sp³-hybridized carbons (Fsp3) is 0.136. The highest BCUT2D eigenvalue weighted by Gasteiger charge is 2.25. The Hall–Kier alpha value is -3.67. The van der Waals surface area contributed by atoms with E-state index in [1.807, 2.05) is 43.3 Å². The number of carbonyl (C=O) groups excluding carboxylic acids is 1. The van der Waals surface area contributed by atoms with Gasteiger partial charge in [0.15, 0.2) is 11.5 Å². The van der Waals surface area contributed by atoms with Gasteiger partial charge in [-0.15, -0.1) is 6.58 Å². The van der Waals surface area contributed by atoms with E-state index >= 15 is 0 Å². The van der Waals surface area contributed by atoms with Crippen LogP contribution in [0.5, 0.6) is 0 Å². The summed E-state index contributed by atoms with van der Waals surface area (Å²) in [6.07, 6.45) is 4.99. The van der Waals surface area contributed by atoms with Crippen molar-refractivity contribution in [3.8, 4) is 11.5 Å². The van der Waals surface area contributed by atoms with Crippen LogP contribution in [-0.2, 0) is 0 Å². The van der Waals surface area contributed by atoms with Crippen LogP contribution in [0.1, 0.15) is 29.1 Å². The minimum absolute atomic E-state index is 0.115. The smallest absolute Gasteiger partial charge is 0.290 e. The number of aromatic amines is 1. The first kappa shape index (κ1) is 17.7. The van der Waals surface area contributed by atoms with E-state index in [1.165, 1.54) is 6.33 Å². The normalized spacial score (nSPS) is 12.0. The number of amides is 1.